The van der Waals surface area contributed by atoms with Gasteiger partial charge in [0.15, 0.2) is 0 Å². The number of aromatic nitrogens is 2. The van der Waals surface area contributed by atoms with Crippen molar-refractivity contribution in [1.29, 1.82) is 0 Å². The molecule has 2 aromatic heterocycles. The van der Waals surface area contributed by atoms with Crippen molar-refractivity contribution in [2.45, 2.75) is 38.1 Å². The second-order valence-corrected chi connectivity index (χ2v) is 8.88. The maximum absolute atomic E-state index is 14.0. The van der Waals surface area contributed by atoms with Gasteiger partial charge < -0.3 is 19.7 Å². The normalized spacial score (nSPS) is 20.4. The summed E-state index contributed by atoms with van der Waals surface area (Å²) >= 11 is 0. The molecule has 1 aliphatic heterocycles. The Kier molecular flexibility index (Phi) is 5.81. The van der Waals surface area contributed by atoms with E-state index in [1.165, 1.54) is 17.0 Å². The molecule has 1 amide bonds. The van der Waals surface area contributed by atoms with Crippen molar-refractivity contribution in [3.8, 4) is 16.9 Å². The molecular formula is C26H26FN3O4. The van der Waals surface area contributed by atoms with Crippen molar-refractivity contribution in [3.05, 3.63) is 54.1 Å². The average molecular weight is 464 g/mol. The van der Waals surface area contributed by atoms with E-state index in [4.69, 9.17) is 4.74 Å². The first-order valence-corrected chi connectivity index (χ1v) is 11.5. The van der Waals surface area contributed by atoms with Crippen molar-refractivity contribution < 1.29 is 23.8 Å². The Morgan fingerprint density at radius 2 is 2.06 bits per heavy atom. The predicted molar refractivity (Wildman–Crippen MR) is 126 cm³/mol. The monoisotopic (exact) mass is 463 g/mol. The van der Waals surface area contributed by atoms with Gasteiger partial charge in [0.05, 0.1) is 7.11 Å². The number of hydrogen-bond acceptors (Lipinski definition) is 4. The van der Waals surface area contributed by atoms with Gasteiger partial charge in [-0.1, -0.05) is 6.08 Å². The number of aromatic amines is 1. The first-order valence-electron chi connectivity index (χ1n) is 11.5. The number of carbonyl (C=O) groups is 2. The van der Waals surface area contributed by atoms with Crippen LogP contribution in [0.1, 0.15) is 37.8 Å². The van der Waals surface area contributed by atoms with Crippen molar-refractivity contribution in [3.63, 3.8) is 0 Å². The second kappa shape index (κ2) is 8.93. The van der Waals surface area contributed by atoms with Crippen LogP contribution in [0.4, 0.5) is 4.39 Å². The molecule has 34 heavy (non-hydrogen) atoms. The highest BCUT2D eigenvalue weighted by Gasteiger charge is 2.37. The van der Waals surface area contributed by atoms with Crippen molar-refractivity contribution in [2.75, 3.05) is 13.7 Å². The number of carbonyl (C=O) groups excluding carboxylic acids is 1. The zero-order chi connectivity index (χ0) is 23.8. The van der Waals surface area contributed by atoms with E-state index >= 15 is 0 Å². The van der Waals surface area contributed by atoms with Gasteiger partial charge in [-0.25, -0.2) is 14.2 Å². The van der Waals surface area contributed by atoms with Crippen LogP contribution in [0.5, 0.6) is 5.75 Å². The number of hydrogen-bond donors (Lipinski definition) is 2. The second-order valence-electron chi connectivity index (χ2n) is 8.88. The number of ether oxygens (including phenoxy) is 1. The van der Waals surface area contributed by atoms with Crippen molar-refractivity contribution >= 4 is 28.5 Å². The van der Waals surface area contributed by atoms with Gasteiger partial charge in [-0.3, -0.25) is 4.79 Å². The number of aliphatic carboxylic acids is 1. The van der Waals surface area contributed by atoms with Gasteiger partial charge in [0, 0.05) is 35.3 Å². The van der Waals surface area contributed by atoms with Crippen LogP contribution in [0.15, 0.2) is 42.6 Å². The van der Waals surface area contributed by atoms with E-state index in [2.05, 4.69) is 16.0 Å². The minimum atomic E-state index is -0.922. The molecule has 1 fully saturated rings. The van der Waals surface area contributed by atoms with Crippen LogP contribution in [0.2, 0.25) is 0 Å². The molecule has 2 unspecified atom stereocenters. The number of pyridine rings is 1. The Bertz CT molecular complexity index is 1300. The predicted octanol–water partition coefficient (Wildman–Crippen LogP) is 4.64. The number of allylic oxidation sites excluding steroid dienone is 2. The summed E-state index contributed by atoms with van der Waals surface area (Å²) in [7, 11) is 1.56. The Morgan fingerprint density at radius 1 is 1.21 bits per heavy atom. The molecule has 2 aliphatic rings. The molecule has 0 bridgehead atoms. The standard InChI is InChI=1S/C26H26FN3O4/c1-34-23-9-8-17(27)13-19(23)18-10-11-28-24-20(18)14-21(29-24)15-4-6-16(7-5-15)25(31)30-12-2-3-22(30)26(32)33/h4,8-11,13-14,16,22H,2-3,5-7,12H2,1H3,(H,28,29)(H,32,33). The summed E-state index contributed by atoms with van der Waals surface area (Å²) in [6, 6.07) is 7.59. The van der Waals surface area contributed by atoms with Crippen LogP contribution in [-0.4, -0.2) is 51.5 Å². The SMILES string of the molecule is COc1ccc(F)cc1-c1ccnc2[nH]c(C3=CCC(C(=O)N4CCCC4C(=O)O)CC3)cc12. The first-order chi connectivity index (χ1) is 16.5. The van der Waals surface area contributed by atoms with Crippen molar-refractivity contribution in [1.82, 2.24) is 14.9 Å². The molecule has 176 valence electrons. The van der Waals surface area contributed by atoms with Gasteiger partial charge in [0.25, 0.3) is 0 Å². The van der Waals surface area contributed by atoms with E-state index in [0.29, 0.717) is 49.2 Å². The fraction of sp³-hybridized carbons (Fsp3) is 0.346. The summed E-state index contributed by atoms with van der Waals surface area (Å²) in [5.41, 5.74) is 4.18. The molecule has 7 nitrogen and oxygen atoms in total. The molecule has 0 saturated carbocycles. The van der Waals surface area contributed by atoms with Crippen LogP contribution >= 0.6 is 0 Å². The molecule has 1 saturated heterocycles. The number of nitrogens with one attached hydrogen (secondary N) is 1. The molecule has 8 heteroatoms. The smallest absolute Gasteiger partial charge is 0.326 e. The topological polar surface area (TPSA) is 95.5 Å². The van der Waals surface area contributed by atoms with E-state index in [1.54, 1.807) is 19.4 Å². The summed E-state index contributed by atoms with van der Waals surface area (Å²) in [5, 5.41) is 10.3. The van der Waals surface area contributed by atoms with Crippen LogP contribution in [0.3, 0.4) is 0 Å². The van der Waals surface area contributed by atoms with Gasteiger partial charge in [-0.05, 0) is 73.6 Å². The zero-order valence-corrected chi connectivity index (χ0v) is 18.9. The van der Waals surface area contributed by atoms with E-state index in [-0.39, 0.29) is 17.6 Å². The average Bonchev–Trinajstić information content (AvgIpc) is 3.51. The van der Waals surface area contributed by atoms with Crippen LogP contribution in [-0.2, 0) is 9.59 Å². The van der Waals surface area contributed by atoms with Gasteiger partial charge >= 0.3 is 5.97 Å². The lowest BCUT2D eigenvalue weighted by molar-refractivity contribution is -0.150. The number of carboxylic acids is 1. The molecule has 0 radical (unpaired) electrons. The van der Waals surface area contributed by atoms with Crippen LogP contribution < -0.4 is 4.74 Å². The molecule has 3 heterocycles. The highest BCUT2D eigenvalue weighted by atomic mass is 19.1. The van der Waals surface area contributed by atoms with Crippen molar-refractivity contribution in [2.24, 2.45) is 5.92 Å². The lowest BCUT2D eigenvalue weighted by atomic mass is 9.87. The third-order valence-electron chi connectivity index (χ3n) is 6.91. The number of nitrogens with zero attached hydrogens (tertiary/aromatic N) is 2. The van der Waals surface area contributed by atoms with Crippen LogP contribution in [0.25, 0.3) is 27.7 Å². The summed E-state index contributed by atoms with van der Waals surface area (Å²) in [5.74, 6) is -0.937. The number of halogens is 1. The highest BCUT2D eigenvalue weighted by Crippen LogP contribution is 2.38. The number of benzene rings is 1. The Hall–Kier alpha value is -3.68. The Balaban J connectivity index is 1.41. The third kappa shape index (κ3) is 3.93. The van der Waals surface area contributed by atoms with E-state index in [1.807, 2.05) is 12.1 Å². The molecule has 2 N–H and O–H groups in total. The summed E-state index contributed by atoms with van der Waals surface area (Å²) < 4.78 is 19.4. The summed E-state index contributed by atoms with van der Waals surface area (Å²) in [6.07, 6.45) is 6.94. The molecular weight excluding hydrogens is 437 g/mol. The number of fused-ring (bicyclic) bond motifs is 1. The lowest BCUT2D eigenvalue weighted by Crippen LogP contribution is -2.43. The maximum Gasteiger partial charge on any atom is 0.326 e. The van der Waals surface area contributed by atoms with Gasteiger partial charge in [0.1, 0.15) is 23.3 Å². The maximum atomic E-state index is 14.0. The lowest BCUT2D eigenvalue weighted by Gasteiger charge is -2.28. The zero-order valence-electron chi connectivity index (χ0n) is 18.9. The Labute approximate surface area is 196 Å². The minimum absolute atomic E-state index is 0.0565. The van der Waals surface area contributed by atoms with Gasteiger partial charge in [-0.2, -0.15) is 0 Å². The number of amides is 1. The number of methoxy groups -OCH3 is 1. The third-order valence-corrected chi connectivity index (χ3v) is 6.91. The number of rotatable bonds is 5. The number of H-pyrrole nitrogens is 1. The number of likely N-dealkylation sites (tertiary alicyclic amines) is 1. The highest BCUT2D eigenvalue weighted by molar-refractivity contribution is 5.97. The Morgan fingerprint density at radius 3 is 2.79 bits per heavy atom. The summed E-state index contributed by atoms with van der Waals surface area (Å²) in [4.78, 5) is 33.8. The minimum Gasteiger partial charge on any atom is -0.496 e. The van der Waals surface area contributed by atoms with Gasteiger partial charge in [0.2, 0.25) is 5.91 Å². The van der Waals surface area contributed by atoms with E-state index < -0.39 is 12.0 Å². The number of carboxylic acid groups (broad SMARTS) is 1. The van der Waals surface area contributed by atoms with E-state index in [0.717, 1.165) is 28.6 Å². The molecule has 2 atom stereocenters. The quantitative estimate of drug-likeness (QED) is 0.575. The summed E-state index contributed by atoms with van der Waals surface area (Å²) in [6.45, 7) is 0.517. The fourth-order valence-electron chi connectivity index (χ4n) is 5.15. The van der Waals surface area contributed by atoms with E-state index in [9.17, 15) is 19.1 Å². The largest absolute Gasteiger partial charge is 0.496 e. The van der Waals surface area contributed by atoms with Gasteiger partial charge in [-0.15, -0.1) is 0 Å². The molecule has 1 aromatic carbocycles. The molecule has 5 rings (SSSR count). The fourth-order valence-corrected chi connectivity index (χ4v) is 5.15. The van der Waals surface area contributed by atoms with Crippen LogP contribution in [0, 0.1) is 11.7 Å². The molecule has 1 aliphatic carbocycles. The first kappa shape index (κ1) is 22.1. The molecule has 3 aromatic rings. The molecule has 0 spiro atoms.